The van der Waals surface area contributed by atoms with E-state index in [0.717, 1.165) is 24.8 Å². The van der Waals surface area contributed by atoms with Crippen LogP contribution in [0.4, 0.5) is 0 Å². The molecular weight excluding hydrogens is 312 g/mol. The van der Waals surface area contributed by atoms with Crippen LogP contribution in [0.15, 0.2) is 58.1 Å². The lowest BCUT2D eigenvalue weighted by Crippen LogP contribution is -2.42. The van der Waals surface area contributed by atoms with Gasteiger partial charge in [0, 0.05) is 13.1 Å². The van der Waals surface area contributed by atoms with E-state index < -0.39 is 0 Å². The van der Waals surface area contributed by atoms with Crippen molar-refractivity contribution >= 4 is 5.96 Å². The molecule has 5 heteroatoms. The Morgan fingerprint density at radius 2 is 1.92 bits per heavy atom. The molecule has 2 aromatic rings. The van der Waals surface area contributed by atoms with Gasteiger partial charge in [-0.1, -0.05) is 30.3 Å². The molecule has 0 aliphatic carbocycles. The van der Waals surface area contributed by atoms with Crippen LogP contribution >= 0.6 is 0 Å². The standard InChI is InChI=1S/C20H28N4O/c1-2-21-20(22-15-18-11-8-14-25-18)23-16-19(24-12-6-7-13-24)17-9-4-3-5-10-17/h3-5,8-11,14,19H,2,6-7,12-13,15-16H2,1H3,(H2,21,22,23). The van der Waals surface area contributed by atoms with Crippen LogP contribution in [0.3, 0.4) is 0 Å². The largest absolute Gasteiger partial charge is 0.467 e. The van der Waals surface area contributed by atoms with E-state index >= 15 is 0 Å². The number of nitrogens with zero attached hydrogens (tertiary/aromatic N) is 2. The van der Waals surface area contributed by atoms with Crippen molar-refractivity contribution in [1.29, 1.82) is 0 Å². The van der Waals surface area contributed by atoms with Gasteiger partial charge in [0.15, 0.2) is 5.96 Å². The predicted molar refractivity (Wildman–Crippen MR) is 102 cm³/mol. The van der Waals surface area contributed by atoms with Gasteiger partial charge < -0.3 is 15.1 Å². The third-order valence-electron chi connectivity index (χ3n) is 4.55. The van der Waals surface area contributed by atoms with Crippen molar-refractivity contribution in [2.75, 3.05) is 26.2 Å². The molecule has 0 bridgehead atoms. The van der Waals surface area contributed by atoms with E-state index in [1.165, 1.54) is 31.5 Å². The molecule has 2 N–H and O–H groups in total. The van der Waals surface area contributed by atoms with Crippen LogP contribution in [-0.2, 0) is 6.54 Å². The zero-order valence-electron chi connectivity index (χ0n) is 14.9. The molecule has 1 atom stereocenters. The van der Waals surface area contributed by atoms with Crippen LogP contribution in [0, 0.1) is 0 Å². The first-order chi connectivity index (χ1) is 12.4. The van der Waals surface area contributed by atoms with Gasteiger partial charge in [0.1, 0.15) is 12.3 Å². The second kappa shape index (κ2) is 9.28. The summed E-state index contributed by atoms with van der Waals surface area (Å²) in [4.78, 5) is 7.20. The highest BCUT2D eigenvalue weighted by Gasteiger charge is 2.23. The highest BCUT2D eigenvalue weighted by atomic mass is 16.3. The van der Waals surface area contributed by atoms with Crippen molar-refractivity contribution in [2.24, 2.45) is 4.99 Å². The zero-order chi connectivity index (χ0) is 17.3. The summed E-state index contributed by atoms with van der Waals surface area (Å²) in [6, 6.07) is 15.0. The minimum atomic E-state index is 0.371. The molecule has 3 rings (SSSR count). The first-order valence-electron chi connectivity index (χ1n) is 9.20. The molecule has 134 valence electrons. The summed E-state index contributed by atoms with van der Waals surface area (Å²) in [6.45, 7) is 6.64. The average Bonchev–Trinajstić information content (AvgIpc) is 3.35. The van der Waals surface area contributed by atoms with Crippen molar-refractivity contribution in [1.82, 2.24) is 15.5 Å². The van der Waals surface area contributed by atoms with Gasteiger partial charge in [-0.15, -0.1) is 0 Å². The number of guanidine groups is 1. The molecule has 1 aliphatic heterocycles. The van der Waals surface area contributed by atoms with Gasteiger partial charge >= 0.3 is 0 Å². The number of furan rings is 1. The monoisotopic (exact) mass is 340 g/mol. The Balaban J connectivity index is 1.66. The van der Waals surface area contributed by atoms with Gasteiger partial charge in [-0.05, 0) is 50.6 Å². The maximum atomic E-state index is 5.37. The topological polar surface area (TPSA) is 52.8 Å². The fraction of sp³-hybridized carbons (Fsp3) is 0.450. The van der Waals surface area contributed by atoms with Crippen molar-refractivity contribution in [3.05, 3.63) is 60.1 Å². The van der Waals surface area contributed by atoms with Gasteiger partial charge in [-0.3, -0.25) is 4.90 Å². The van der Waals surface area contributed by atoms with E-state index in [-0.39, 0.29) is 0 Å². The van der Waals surface area contributed by atoms with Crippen molar-refractivity contribution < 1.29 is 4.42 Å². The lowest BCUT2D eigenvalue weighted by molar-refractivity contribution is 0.245. The maximum absolute atomic E-state index is 5.37. The SMILES string of the molecule is CCNC(=NCc1ccco1)NCC(c1ccccc1)N1CCCC1. The highest BCUT2D eigenvalue weighted by molar-refractivity contribution is 5.79. The average molecular weight is 340 g/mol. The normalized spacial score (nSPS) is 16.8. The lowest BCUT2D eigenvalue weighted by Gasteiger charge is -2.29. The Bertz CT molecular complexity index is 633. The Labute approximate surface area is 150 Å². The van der Waals surface area contributed by atoms with Crippen molar-refractivity contribution in [3.8, 4) is 0 Å². The Morgan fingerprint density at radius 1 is 1.12 bits per heavy atom. The molecule has 0 saturated carbocycles. The quantitative estimate of drug-likeness (QED) is 0.600. The first kappa shape index (κ1) is 17.5. The summed E-state index contributed by atoms with van der Waals surface area (Å²) in [5, 5.41) is 6.84. The van der Waals surface area contributed by atoms with Crippen molar-refractivity contribution in [3.63, 3.8) is 0 Å². The summed E-state index contributed by atoms with van der Waals surface area (Å²) in [7, 11) is 0. The molecule has 1 aromatic heterocycles. The number of benzene rings is 1. The Kier molecular flexibility index (Phi) is 6.51. The summed E-state index contributed by atoms with van der Waals surface area (Å²) < 4.78 is 5.37. The molecule has 1 aliphatic rings. The third-order valence-corrected chi connectivity index (χ3v) is 4.55. The number of nitrogens with one attached hydrogen (secondary N) is 2. The van der Waals surface area contributed by atoms with Gasteiger partial charge in [0.2, 0.25) is 0 Å². The molecule has 25 heavy (non-hydrogen) atoms. The molecule has 2 heterocycles. The van der Waals surface area contributed by atoms with Crippen LogP contribution in [0.2, 0.25) is 0 Å². The number of hydrogen-bond acceptors (Lipinski definition) is 3. The van der Waals surface area contributed by atoms with Gasteiger partial charge in [-0.2, -0.15) is 0 Å². The summed E-state index contributed by atoms with van der Waals surface area (Å²) in [5.41, 5.74) is 1.36. The predicted octanol–water partition coefficient (Wildman–Crippen LogP) is 3.17. The van der Waals surface area contributed by atoms with Crippen molar-refractivity contribution in [2.45, 2.75) is 32.4 Å². The molecule has 0 amide bonds. The van der Waals surface area contributed by atoms with E-state index in [2.05, 4.69) is 57.8 Å². The van der Waals surface area contributed by atoms with Gasteiger partial charge in [0.05, 0.1) is 12.3 Å². The molecule has 1 saturated heterocycles. The second-order valence-corrected chi connectivity index (χ2v) is 6.32. The fourth-order valence-electron chi connectivity index (χ4n) is 3.28. The zero-order valence-corrected chi connectivity index (χ0v) is 14.9. The molecule has 1 unspecified atom stereocenters. The van der Waals surface area contributed by atoms with E-state index in [4.69, 9.17) is 4.42 Å². The van der Waals surface area contributed by atoms with Crippen LogP contribution in [0.5, 0.6) is 0 Å². The molecule has 5 nitrogen and oxygen atoms in total. The molecule has 0 spiro atoms. The minimum absolute atomic E-state index is 0.371. The number of hydrogen-bond donors (Lipinski definition) is 2. The number of likely N-dealkylation sites (tertiary alicyclic amines) is 1. The molecule has 0 radical (unpaired) electrons. The molecule has 1 aromatic carbocycles. The summed E-state index contributed by atoms with van der Waals surface area (Å²) >= 11 is 0. The second-order valence-electron chi connectivity index (χ2n) is 6.32. The van der Waals surface area contributed by atoms with E-state index in [1.54, 1.807) is 6.26 Å². The van der Waals surface area contributed by atoms with Gasteiger partial charge in [0.25, 0.3) is 0 Å². The number of aliphatic imine (C=N–C) groups is 1. The van der Waals surface area contributed by atoms with Crippen LogP contribution in [0.25, 0.3) is 0 Å². The van der Waals surface area contributed by atoms with E-state index in [1.807, 2.05) is 12.1 Å². The van der Waals surface area contributed by atoms with E-state index in [9.17, 15) is 0 Å². The third kappa shape index (κ3) is 5.10. The summed E-state index contributed by atoms with van der Waals surface area (Å²) in [6.07, 6.45) is 4.26. The smallest absolute Gasteiger partial charge is 0.191 e. The fourth-order valence-corrected chi connectivity index (χ4v) is 3.28. The molecular formula is C20H28N4O. The van der Waals surface area contributed by atoms with Gasteiger partial charge in [-0.25, -0.2) is 4.99 Å². The van der Waals surface area contributed by atoms with E-state index in [0.29, 0.717) is 12.6 Å². The molecule has 1 fully saturated rings. The maximum Gasteiger partial charge on any atom is 0.191 e. The Morgan fingerprint density at radius 3 is 2.60 bits per heavy atom. The van der Waals surface area contributed by atoms with Crippen LogP contribution in [0.1, 0.15) is 37.1 Å². The Hall–Kier alpha value is -2.27. The highest BCUT2D eigenvalue weighted by Crippen LogP contribution is 2.24. The summed E-state index contributed by atoms with van der Waals surface area (Å²) in [5.74, 6) is 1.70. The minimum Gasteiger partial charge on any atom is -0.467 e. The van der Waals surface area contributed by atoms with Crippen LogP contribution < -0.4 is 10.6 Å². The number of rotatable bonds is 7. The lowest BCUT2D eigenvalue weighted by atomic mass is 10.1. The van der Waals surface area contributed by atoms with Crippen LogP contribution in [-0.4, -0.2) is 37.0 Å². The first-order valence-corrected chi connectivity index (χ1v) is 9.20.